The zero-order chi connectivity index (χ0) is 42.4. The highest BCUT2D eigenvalue weighted by atomic mass is 16.5. The summed E-state index contributed by atoms with van der Waals surface area (Å²) in [6, 6.07) is 18.0. The molecule has 0 unspecified atom stereocenters. The molecule has 0 bridgehead atoms. The van der Waals surface area contributed by atoms with Crippen molar-refractivity contribution in [2.45, 2.75) is 70.1 Å². The van der Waals surface area contributed by atoms with E-state index in [0.29, 0.717) is 37.5 Å². The number of hydrogen-bond acceptors (Lipinski definition) is 10. The van der Waals surface area contributed by atoms with Gasteiger partial charge in [0.2, 0.25) is 11.8 Å². The molecular formula is C45H46N10O6. The Kier molecular flexibility index (Phi) is 10.4. The molecule has 3 aliphatic rings. The fourth-order valence-electron chi connectivity index (χ4n) is 8.82. The molecule has 4 N–H and O–H groups in total. The lowest BCUT2D eigenvalue weighted by Gasteiger charge is -2.30. The molecule has 6 heterocycles. The van der Waals surface area contributed by atoms with Gasteiger partial charge in [0.15, 0.2) is 0 Å². The van der Waals surface area contributed by atoms with Crippen molar-refractivity contribution in [3.63, 3.8) is 0 Å². The number of alkyl carbamates (subject to hydrolysis) is 2. The largest absolute Gasteiger partial charge is 0.453 e. The van der Waals surface area contributed by atoms with Crippen LogP contribution in [-0.4, -0.2) is 91.7 Å². The van der Waals surface area contributed by atoms with Gasteiger partial charge in [-0.15, -0.1) is 0 Å². The first-order valence-electron chi connectivity index (χ1n) is 20.5. The van der Waals surface area contributed by atoms with Crippen LogP contribution in [0, 0.1) is 5.92 Å². The molecule has 0 saturated carbocycles. The first-order valence-corrected chi connectivity index (χ1v) is 20.5. The molecule has 4 amide bonds. The van der Waals surface area contributed by atoms with Gasteiger partial charge >= 0.3 is 12.2 Å². The van der Waals surface area contributed by atoms with E-state index in [9.17, 15) is 19.2 Å². The van der Waals surface area contributed by atoms with Crippen molar-refractivity contribution in [2.75, 3.05) is 25.7 Å². The number of likely N-dealkylation sites (tertiary alicyclic amines) is 1. The Bertz CT molecular complexity index is 2660. The Morgan fingerprint density at radius 1 is 0.787 bits per heavy atom. The normalized spacial score (nSPS) is 18.8. The van der Waals surface area contributed by atoms with Gasteiger partial charge in [0.1, 0.15) is 23.7 Å². The summed E-state index contributed by atoms with van der Waals surface area (Å²) in [5.41, 5.74) is 9.57. The molecule has 3 aromatic heterocycles. The maximum Gasteiger partial charge on any atom is 0.407 e. The molecule has 0 radical (unpaired) electrons. The average Bonchev–Trinajstić information content (AvgIpc) is 4.11. The lowest BCUT2D eigenvalue weighted by Crippen LogP contribution is -2.51. The van der Waals surface area contributed by atoms with Gasteiger partial charge in [-0.25, -0.2) is 24.5 Å². The van der Waals surface area contributed by atoms with E-state index in [2.05, 4.69) is 25.6 Å². The molecule has 312 valence electrons. The summed E-state index contributed by atoms with van der Waals surface area (Å²) >= 11 is 0. The lowest BCUT2D eigenvalue weighted by molar-refractivity contribution is -0.135. The number of benzene rings is 3. The minimum atomic E-state index is -0.711. The monoisotopic (exact) mass is 822 g/mol. The predicted octanol–water partition coefficient (Wildman–Crippen LogP) is 6.42. The van der Waals surface area contributed by atoms with Crippen molar-refractivity contribution >= 4 is 40.7 Å². The number of carbonyl (C=O) groups is 4. The molecule has 9 rings (SSSR count). The second-order valence-corrected chi connectivity index (χ2v) is 16.0. The van der Waals surface area contributed by atoms with Gasteiger partial charge in [-0.1, -0.05) is 62.4 Å². The Morgan fingerprint density at radius 2 is 1.48 bits per heavy atom. The number of amides is 4. The summed E-state index contributed by atoms with van der Waals surface area (Å²) < 4.78 is 9.57. The molecule has 1 saturated heterocycles. The number of aromatic amines is 2. The highest BCUT2D eigenvalue weighted by Crippen LogP contribution is 2.44. The zero-order valence-electron chi connectivity index (χ0n) is 34.3. The van der Waals surface area contributed by atoms with E-state index in [1.54, 1.807) is 28.4 Å². The third-order valence-corrected chi connectivity index (χ3v) is 12.0. The Morgan fingerprint density at radius 3 is 2.21 bits per heavy atom. The molecular weight excluding hydrogens is 777 g/mol. The number of H-pyrrole nitrogens is 2. The van der Waals surface area contributed by atoms with Crippen molar-refractivity contribution < 1.29 is 28.7 Å². The van der Waals surface area contributed by atoms with E-state index in [4.69, 9.17) is 24.4 Å². The SMILES string of the molecule is COC(=O)N[C@H]1CCc2cccc3c2N(C1=O)[C@H](c1ncc(-c2ccc(-c4cnc5cc(-c6cnc([C@@H]7CCCN7C(=O)[C@@H](NC(=O)OC)C(C)C)[nH]6)ccc5n4)cc2)[nH]1)C3. The lowest BCUT2D eigenvalue weighted by atomic mass is 10.0. The number of rotatable bonds is 9. The third-order valence-electron chi connectivity index (χ3n) is 12.0. The number of hydrogen-bond donors (Lipinski definition) is 4. The summed E-state index contributed by atoms with van der Waals surface area (Å²) in [5.74, 6) is 0.897. The second-order valence-electron chi connectivity index (χ2n) is 16.0. The molecule has 3 aromatic carbocycles. The second kappa shape index (κ2) is 16.2. The van der Waals surface area contributed by atoms with Crippen molar-refractivity contribution in [3.8, 4) is 33.8 Å². The van der Waals surface area contributed by atoms with Gasteiger partial charge in [0.05, 0.1) is 78.7 Å². The summed E-state index contributed by atoms with van der Waals surface area (Å²) in [6.45, 7) is 4.36. The van der Waals surface area contributed by atoms with Crippen LogP contribution in [0.15, 0.2) is 79.3 Å². The topological polar surface area (TPSA) is 200 Å². The average molecular weight is 823 g/mol. The Labute approximate surface area is 351 Å². The molecule has 4 atom stereocenters. The molecule has 1 fully saturated rings. The minimum absolute atomic E-state index is 0.121. The van der Waals surface area contributed by atoms with E-state index in [-0.39, 0.29) is 29.8 Å². The quantitative estimate of drug-likeness (QED) is 0.126. The van der Waals surface area contributed by atoms with Crippen LogP contribution in [0.1, 0.15) is 68.0 Å². The van der Waals surface area contributed by atoms with Crippen molar-refractivity contribution in [1.82, 2.24) is 45.4 Å². The van der Waals surface area contributed by atoms with Crippen molar-refractivity contribution in [2.24, 2.45) is 5.92 Å². The third kappa shape index (κ3) is 7.42. The maximum atomic E-state index is 13.9. The number of methoxy groups -OCH3 is 2. The number of imidazole rings is 2. The number of nitrogens with one attached hydrogen (secondary N) is 4. The standard InChI is InChI=1S/C45H46N10O6/c1-24(2)38(53-45(59)61-4)43(57)54-18-6-9-36(54)40-47-23-35(51-40)28-15-16-30-32(19-28)46-21-33(49-30)25-10-12-26(13-11-25)34-22-48-41(50-34)37-20-29-8-5-7-27-14-17-31(52-44(58)60-3)42(56)55(37)39(27)29/h5,7-8,10-13,15-16,19,21-24,31,36-38H,6,9,14,17-18,20H2,1-4H3,(H,47,51)(H,48,50)(H,52,58)(H,53,59)/t31-,36-,37-,38-/m0/s1. The predicted molar refractivity (Wildman–Crippen MR) is 226 cm³/mol. The van der Waals surface area contributed by atoms with Crippen LogP contribution in [0.25, 0.3) is 44.8 Å². The van der Waals surface area contributed by atoms with E-state index in [0.717, 1.165) is 74.5 Å². The van der Waals surface area contributed by atoms with Crippen molar-refractivity contribution in [3.05, 3.63) is 102 Å². The number of nitrogens with zero attached hydrogens (tertiary/aromatic N) is 6. The van der Waals surface area contributed by atoms with Crippen LogP contribution in [-0.2, 0) is 31.9 Å². The summed E-state index contributed by atoms with van der Waals surface area (Å²) in [6.07, 6.45) is 7.37. The number of ether oxygens (including phenoxy) is 2. The first-order chi connectivity index (χ1) is 29.6. The van der Waals surface area contributed by atoms with Crippen LogP contribution in [0.4, 0.5) is 15.3 Å². The van der Waals surface area contributed by atoms with Crippen LogP contribution in [0.3, 0.4) is 0 Å². The highest BCUT2D eigenvalue weighted by Gasteiger charge is 2.43. The number of carbonyl (C=O) groups excluding carboxylic acids is 4. The van der Waals surface area contributed by atoms with E-state index >= 15 is 0 Å². The molecule has 16 heteroatoms. The summed E-state index contributed by atoms with van der Waals surface area (Å²) in [4.78, 5) is 81.3. The number of anilines is 1. The van der Waals surface area contributed by atoms with E-state index in [1.165, 1.54) is 14.2 Å². The van der Waals surface area contributed by atoms with Crippen LogP contribution < -0.4 is 15.5 Å². The van der Waals surface area contributed by atoms with Gasteiger partial charge in [0.25, 0.3) is 0 Å². The van der Waals surface area contributed by atoms with Gasteiger partial charge in [-0.05, 0) is 60.4 Å². The first kappa shape index (κ1) is 39.4. The van der Waals surface area contributed by atoms with E-state index < -0.39 is 24.3 Å². The van der Waals surface area contributed by atoms with Gasteiger partial charge in [-0.2, -0.15) is 0 Å². The fourth-order valence-corrected chi connectivity index (χ4v) is 8.82. The Balaban J connectivity index is 0.895. The molecule has 0 spiro atoms. The van der Waals surface area contributed by atoms with Gasteiger partial charge in [0, 0.05) is 24.1 Å². The molecule has 0 aliphatic carbocycles. The number of para-hydroxylation sites is 1. The molecule has 3 aliphatic heterocycles. The highest BCUT2D eigenvalue weighted by molar-refractivity contribution is 6.02. The minimum Gasteiger partial charge on any atom is -0.453 e. The molecule has 61 heavy (non-hydrogen) atoms. The Hall–Kier alpha value is -7.10. The summed E-state index contributed by atoms with van der Waals surface area (Å²) in [5, 5.41) is 5.42. The maximum absolute atomic E-state index is 13.9. The molecule has 16 nitrogen and oxygen atoms in total. The number of aryl methyl sites for hydroxylation is 1. The zero-order valence-corrected chi connectivity index (χ0v) is 34.3. The van der Waals surface area contributed by atoms with E-state index in [1.807, 2.05) is 74.5 Å². The fraction of sp³-hybridized carbons (Fsp3) is 0.333. The number of aromatic nitrogens is 6. The van der Waals surface area contributed by atoms with Crippen molar-refractivity contribution in [1.29, 1.82) is 0 Å². The summed E-state index contributed by atoms with van der Waals surface area (Å²) in [7, 11) is 2.58. The number of fused-ring (bicyclic) bond motifs is 1. The smallest absolute Gasteiger partial charge is 0.407 e. The van der Waals surface area contributed by atoms with Gasteiger partial charge < -0.3 is 35.0 Å². The van der Waals surface area contributed by atoms with Gasteiger partial charge in [-0.3, -0.25) is 19.5 Å². The van der Waals surface area contributed by atoms with Crippen LogP contribution in [0.2, 0.25) is 0 Å². The van der Waals surface area contributed by atoms with Crippen LogP contribution >= 0.6 is 0 Å². The molecule has 6 aromatic rings. The van der Waals surface area contributed by atoms with Crippen LogP contribution in [0.5, 0.6) is 0 Å².